The van der Waals surface area contributed by atoms with Gasteiger partial charge in [-0.3, -0.25) is 0 Å². The summed E-state index contributed by atoms with van der Waals surface area (Å²) >= 11 is 0. The van der Waals surface area contributed by atoms with Crippen molar-refractivity contribution >= 4 is 9.84 Å². The molecule has 4 heteroatoms. The van der Waals surface area contributed by atoms with Crippen LogP contribution in [0.15, 0.2) is 12.2 Å². The van der Waals surface area contributed by atoms with Crippen LogP contribution in [0.2, 0.25) is 0 Å². The van der Waals surface area contributed by atoms with Crippen LogP contribution in [0.5, 0.6) is 0 Å². The van der Waals surface area contributed by atoms with E-state index in [4.69, 9.17) is 0 Å². The molecular weight excluding hydrogens is 198 g/mol. The van der Waals surface area contributed by atoms with Crippen LogP contribution < -0.4 is 0 Å². The Morgan fingerprint density at radius 1 is 1.57 bits per heavy atom. The molecule has 0 aromatic heterocycles. The highest BCUT2D eigenvalue weighted by molar-refractivity contribution is 7.91. The molecule has 0 saturated carbocycles. The maximum atomic E-state index is 11.2. The minimum absolute atomic E-state index is 0.323. The molecule has 1 heterocycles. The Balaban J connectivity index is 2.36. The summed E-state index contributed by atoms with van der Waals surface area (Å²) in [6.07, 6.45) is 0.822. The van der Waals surface area contributed by atoms with Crippen LogP contribution in [0.1, 0.15) is 13.3 Å². The Hall–Kier alpha value is -0.350. The van der Waals surface area contributed by atoms with Crippen molar-refractivity contribution in [1.29, 1.82) is 0 Å². The van der Waals surface area contributed by atoms with Crippen molar-refractivity contribution in [2.24, 2.45) is 5.92 Å². The summed E-state index contributed by atoms with van der Waals surface area (Å²) in [6.45, 7) is 7.55. The number of hydrogen-bond acceptors (Lipinski definition) is 3. The molecule has 3 nitrogen and oxygen atoms in total. The van der Waals surface area contributed by atoms with Gasteiger partial charge in [-0.15, -0.1) is 0 Å². The highest BCUT2D eigenvalue weighted by Crippen LogP contribution is 2.19. The monoisotopic (exact) mass is 217 g/mol. The van der Waals surface area contributed by atoms with E-state index in [1.165, 1.54) is 0 Å². The zero-order valence-electron chi connectivity index (χ0n) is 8.99. The van der Waals surface area contributed by atoms with Gasteiger partial charge in [0.05, 0.1) is 11.5 Å². The largest absolute Gasteiger partial charge is 0.302 e. The van der Waals surface area contributed by atoms with Crippen LogP contribution in [0, 0.1) is 5.92 Å². The van der Waals surface area contributed by atoms with Crippen LogP contribution in [0.4, 0.5) is 0 Å². The fourth-order valence-corrected chi connectivity index (χ4v) is 3.83. The third-order valence-electron chi connectivity index (χ3n) is 2.44. The molecule has 1 rings (SSSR count). The summed E-state index contributed by atoms with van der Waals surface area (Å²) in [6, 6.07) is 0. The lowest BCUT2D eigenvalue weighted by molar-refractivity contribution is 0.310. The van der Waals surface area contributed by atoms with E-state index in [9.17, 15) is 8.42 Å². The highest BCUT2D eigenvalue weighted by Gasteiger charge is 2.28. The van der Waals surface area contributed by atoms with Gasteiger partial charge in [0.1, 0.15) is 0 Å². The molecule has 0 aromatic carbocycles. The fourth-order valence-electron chi connectivity index (χ4n) is 1.98. The quantitative estimate of drug-likeness (QED) is 0.657. The molecule has 14 heavy (non-hydrogen) atoms. The van der Waals surface area contributed by atoms with Gasteiger partial charge in [-0.2, -0.15) is 0 Å². The third-order valence-corrected chi connectivity index (χ3v) is 4.27. The predicted octanol–water partition coefficient (Wildman–Crippen LogP) is 0.929. The first-order valence-corrected chi connectivity index (χ1v) is 6.74. The van der Waals surface area contributed by atoms with Crippen molar-refractivity contribution in [2.45, 2.75) is 13.3 Å². The molecule has 82 valence electrons. The average Bonchev–Trinajstić information content (AvgIpc) is 2.27. The molecule has 1 atom stereocenters. The summed E-state index contributed by atoms with van der Waals surface area (Å²) in [4.78, 5) is 2.15. The Morgan fingerprint density at radius 2 is 2.21 bits per heavy atom. The maximum Gasteiger partial charge on any atom is 0.150 e. The summed E-state index contributed by atoms with van der Waals surface area (Å²) < 4.78 is 22.4. The average molecular weight is 217 g/mol. The Bertz CT molecular complexity index is 308. The lowest BCUT2D eigenvalue weighted by Gasteiger charge is -2.19. The van der Waals surface area contributed by atoms with Crippen molar-refractivity contribution in [2.75, 3.05) is 31.6 Å². The van der Waals surface area contributed by atoms with Gasteiger partial charge in [-0.1, -0.05) is 12.2 Å². The summed E-state index contributed by atoms with van der Waals surface area (Å²) in [5, 5.41) is 0. The number of sulfone groups is 1. The van der Waals surface area contributed by atoms with Gasteiger partial charge in [0, 0.05) is 13.1 Å². The molecule has 0 bridgehead atoms. The second-order valence-electron chi connectivity index (χ2n) is 4.42. The molecule has 0 radical (unpaired) electrons. The molecule has 1 unspecified atom stereocenters. The second kappa shape index (κ2) is 4.45. The minimum atomic E-state index is -2.72. The zero-order valence-corrected chi connectivity index (χ0v) is 9.81. The smallest absolute Gasteiger partial charge is 0.150 e. The van der Waals surface area contributed by atoms with Crippen LogP contribution in [-0.2, 0) is 9.84 Å². The molecule has 0 spiro atoms. The molecule has 0 aromatic rings. The number of rotatable bonds is 4. The second-order valence-corrected chi connectivity index (χ2v) is 6.65. The van der Waals surface area contributed by atoms with Crippen LogP contribution >= 0.6 is 0 Å². The van der Waals surface area contributed by atoms with E-state index in [1.807, 2.05) is 14.0 Å². The van der Waals surface area contributed by atoms with E-state index in [1.54, 1.807) is 0 Å². The minimum Gasteiger partial charge on any atom is -0.302 e. The van der Waals surface area contributed by atoms with E-state index in [0.717, 1.165) is 25.1 Å². The van der Waals surface area contributed by atoms with E-state index in [2.05, 4.69) is 11.5 Å². The van der Waals surface area contributed by atoms with Crippen molar-refractivity contribution in [3.05, 3.63) is 12.2 Å². The topological polar surface area (TPSA) is 37.4 Å². The molecule has 1 aliphatic heterocycles. The third kappa shape index (κ3) is 3.80. The van der Waals surface area contributed by atoms with Crippen molar-refractivity contribution in [3.63, 3.8) is 0 Å². The lowest BCUT2D eigenvalue weighted by Crippen LogP contribution is -2.27. The molecular formula is C10H19NO2S. The van der Waals surface area contributed by atoms with Crippen molar-refractivity contribution in [1.82, 2.24) is 4.90 Å². The van der Waals surface area contributed by atoms with Crippen molar-refractivity contribution in [3.8, 4) is 0 Å². The van der Waals surface area contributed by atoms with Gasteiger partial charge in [0.2, 0.25) is 0 Å². The first kappa shape index (κ1) is 11.7. The highest BCUT2D eigenvalue weighted by atomic mass is 32.2. The van der Waals surface area contributed by atoms with Crippen LogP contribution in [0.3, 0.4) is 0 Å². The predicted molar refractivity (Wildman–Crippen MR) is 59.1 cm³/mol. The molecule has 0 N–H and O–H groups in total. The van der Waals surface area contributed by atoms with E-state index < -0.39 is 9.84 Å². The Labute approximate surface area is 86.7 Å². The fraction of sp³-hybridized carbons (Fsp3) is 0.800. The van der Waals surface area contributed by atoms with Gasteiger partial charge in [-0.05, 0) is 26.3 Å². The summed E-state index contributed by atoms with van der Waals surface area (Å²) in [5.41, 5.74) is 1.12. The van der Waals surface area contributed by atoms with Gasteiger partial charge in [0.15, 0.2) is 9.84 Å². The number of likely N-dealkylation sites (N-methyl/N-ethyl adjacent to an activating group) is 1. The first-order chi connectivity index (χ1) is 6.39. The van der Waals surface area contributed by atoms with Gasteiger partial charge < -0.3 is 4.90 Å². The van der Waals surface area contributed by atoms with Gasteiger partial charge in [-0.25, -0.2) is 8.42 Å². The molecule has 1 fully saturated rings. The SMILES string of the molecule is C=C(C)CN(C)CC1CCS(=O)(=O)C1. The number of hydrogen-bond donors (Lipinski definition) is 0. The molecule has 0 amide bonds. The van der Waals surface area contributed by atoms with E-state index in [-0.39, 0.29) is 0 Å². The van der Waals surface area contributed by atoms with Gasteiger partial charge >= 0.3 is 0 Å². The maximum absolute atomic E-state index is 11.2. The summed E-state index contributed by atoms with van der Waals surface area (Å²) in [7, 11) is -0.705. The van der Waals surface area contributed by atoms with Crippen molar-refractivity contribution < 1.29 is 8.42 Å². The molecule has 1 saturated heterocycles. The molecule has 0 aliphatic carbocycles. The molecule has 1 aliphatic rings. The van der Waals surface area contributed by atoms with Gasteiger partial charge in [0.25, 0.3) is 0 Å². The van der Waals surface area contributed by atoms with E-state index in [0.29, 0.717) is 17.4 Å². The van der Waals surface area contributed by atoms with Crippen LogP contribution in [-0.4, -0.2) is 45.0 Å². The Morgan fingerprint density at radius 3 is 2.64 bits per heavy atom. The first-order valence-electron chi connectivity index (χ1n) is 4.92. The van der Waals surface area contributed by atoms with E-state index >= 15 is 0 Å². The Kier molecular flexibility index (Phi) is 3.72. The zero-order chi connectivity index (χ0) is 10.8. The standard InChI is InChI=1S/C10H19NO2S/c1-9(2)6-11(3)7-10-4-5-14(12,13)8-10/h10H,1,4-8H2,2-3H3. The summed E-state index contributed by atoms with van der Waals surface area (Å²) in [5.74, 6) is 1.07. The normalized spacial score (nSPS) is 25.5. The van der Waals surface area contributed by atoms with Crippen LogP contribution in [0.25, 0.3) is 0 Å². The number of nitrogens with zero attached hydrogens (tertiary/aromatic N) is 1. The lowest BCUT2D eigenvalue weighted by atomic mass is 10.1.